The second kappa shape index (κ2) is 5.70. The highest BCUT2D eigenvalue weighted by Crippen LogP contribution is 2.57. The molecule has 1 aromatic carbocycles. The van der Waals surface area contributed by atoms with Gasteiger partial charge in [-0.3, -0.25) is 4.90 Å². The molecule has 0 saturated carbocycles. The number of nitrogens with zero attached hydrogens (tertiary/aromatic N) is 2. The zero-order chi connectivity index (χ0) is 18.1. The van der Waals surface area contributed by atoms with Crippen LogP contribution in [0, 0.1) is 5.41 Å². The number of carbonyl (C=O) groups is 1. The third kappa shape index (κ3) is 2.01. The number of halogens is 1. The molecular formula is C21H23BrN2O2. The summed E-state index contributed by atoms with van der Waals surface area (Å²) in [4.78, 5) is 15.4. The van der Waals surface area contributed by atoms with Gasteiger partial charge in [0, 0.05) is 27.5 Å². The number of ether oxygens (including phenoxy) is 1. The number of piperidine rings is 1. The molecule has 0 unspecified atom stereocenters. The highest BCUT2D eigenvalue weighted by molar-refractivity contribution is 9.10. The van der Waals surface area contributed by atoms with E-state index in [1.807, 2.05) is 0 Å². The Balaban J connectivity index is 1.90. The Kier molecular flexibility index (Phi) is 3.63. The maximum Gasteiger partial charge on any atom is 0.354 e. The first-order valence-corrected chi connectivity index (χ1v) is 10.3. The van der Waals surface area contributed by atoms with Crippen LogP contribution in [0.2, 0.25) is 0 Å². The van der Waals surface area contributed by atoms with Gasteiger partial charge in [-0.2, -0.15) is 0 Å². The quantitative estimate of drug-likeness (QED) is 0.677. The molecule has 26 heavy (non-hydrogen) atoms. The normalized spacial score (nSPS) is 27.2. The highest BCUT2D eigenvalue weighted by atomic mass is 79.9. The van der Waals surface area contributed by atoms with Crippen molar-refractivity contribution in [2.24, 2.45) is 5.41 Å². The maximum atomic E-state index is 12.8. The van der Waals surface area contributed by atoms with Gasteiger partial charge in [0.1, 0.15) is 5.70 Å². The van der Waals surface area contributed by atoms with Crippen LogP contribution in [0.25, 0.3) is 16.6 Å². The monoisotopic (exact) mass is 414 g/mol. The van der Waals surface area contributed by atoms with Crippen molar-refractivity contribution in [3.8, 4) is 0 Å². The van der Waals surface area contributed by atoms with Crippen molar-refractivity contribution in [3.05, 3.63) is 40.0 Å². The largest absolute Gasteiger partial charge is 0.464 e. The predicted molar refractivity (Wildman–Crippen MR) is 106 cm³/mol. The van der Waals surface area contributed by atoms with Gasteiger partial charge in [-0.25, -0.2) is 4.79 Å². The van der Waals surface area contributed by atoms with Crippen LogP contribution in [0.4, 0.5) is 0 Å². The molecule has 136 valence electrons. The SMILES string of the molecule is CC[C@@]12C=C(C(=O)OC)n3c4c(c5ccc(Br)cc53)CCN(CCC1)[C@H]42. The summed E-state index contributed by atoms with van der Waals surface area (Å²) in [5.74, 6) is -0.237. The standard InChI is InChI=1S/C21H23BrN2O2/c1-3-21-8-4-9-23-10-7-15-14-6-5-13(22)11-16(14)24(18(15)19(21)23)17(12-21)20(25)26-2/h5-6,11-12,19H,3-4,7-10H2,1-2H3/t19-,21+/m1/s1. The fourth-order valence-electron chi connectivity index (χ4n) is 5.55. The maximum absolute atomic E-state index is 12.8. The molecule has 0 radical (unpaired) electrons. The molecule has 0 bridgehead atoms. The molecule has 0 amide bonds. The van der Waals surface area contributed by atoms with Gasteiger partial charge < -0.3 is 9.30 Å². The third-order valence-corrected chi connectivity index (χ3v) is 7.19. The van der Waals surface area contributed by atoms with Crippen LogP contribution in [0.3, 0.4) is 0 Å². The van der Waals surface area contributed by atoms with Gasteiger partial charge in [0.15, 0.2) is 0 Å². The number of carbonyl (C=O) groups excluding carboxylic acids is 1. The summed E-state index contributed by atoms with van der Waals surface area (Å²) in [6.45, 7) is 4.52. The molecule has 1 fully saturated rings. The number of aromatic nitrogens is 1. The van der Waals surface area contributed by atoms with Gasteiger partial charge >= 0.3 is 5.97 Å². The highest BCUT2D eigenvalue weighted by Gasteiger charge is 2.51. The van der Waals surface area contributed by atoms with Crippen LogP contribution < -0.4 is 0 Å². The molecule has 1 aromatic heterocycles. The van der Waals surface area contributed by atoms with Crippen molar-refractivity contribution in [2.45, 2.75) is 38.6 Å². The van der Waals surface area contributed by atoms with E-state index in [1.54, 1.807) is 0 Å². The minimum Gasteiger partial charge on any atom is -0.464 e. The lowest BCUT2D eigenvalue weighted by atomic mass is 9.66. The molecule has 0 spiro atoms. The van der Waals surface area contributed by atoms with E-state index < -0.39 is 0 Å². The van der Waals surface area contributed by atoms with Crippen molar-refractivity contribution < 1.29 is 9.53 Å². The van der Waals surface area contributed by atoms with Crippen molar-refractivity contribution in [3.63, 3.8) is 0 Å². The average molecular weight is 415 g/mol. The number of fused-ring (bicyclic) bond motifs is 3. The summed E-state index contributed by atoms with van der Waals surface area (Å²) in [6, 6.07) is 6.80. The van der Waals surface area contributed by atoms with Crippen LogP contribution in [0.15, 0.2) is 28.7 Å². The van der Waals surface area contributed by atoms with E-state index in [0.29, 0.717) is 11.7 Å². The topological polar surface area (TPSA) is 34.5 Å². The Morgan fingerprint density at radius 1 is 1.38 bits per heavy atom. The Hall–Kier alpha value is -1.59. The number of hydrogen-bond acceptors (Lipinski definition) is 3. The van der Waals surface area contributed by atoms with Crippen molar-refractivity contribution >= 4 is 38.5 Å². The smallest absolute Gasteiger partial charge is 0.354 e. The summed E-state index contributed by atoms with van der Waals surface area (Å²) >= 11 is 3.61. The summed E-state index contributed by atoms with van der Waals surface area (Å²) in [7, 11) is 1.48. The Morgan fingerprint density at radius 2 is 2.23 bits per heavy atom. The minimum absolute atomic E-state index is 0.0263. The Morgan fingerprint density at radius 3 is 3.00 bits per heavy atom. The lowest BCUT2D eigenvalue weighted by Gasteiger charge is -2.53. The van der Waals surface area contributed by atoms with Crippen LogP contribution in [-0.4, -0.2) is 35.6 Å². The van der Waals surface area contributed by atoms with Crippen molar-refractivity contribution in [1.82, 2.24) is 9.47 Å². The van der Waals surface area contributed by atoms with E-state index in [9.17, 15) is 4.79 Å². The van der Waals surface area contributed by atoms with E-state index in [-0.39, 0.29) is 11.4 Å². The Labute approximate surface area is 161 Å². The second-order valence-electron chi connectivity index (χ2n) is 7.76. The van der Waals surface area contributed by atoms with E-state index >= 15 is 0 Å². The van der Waals surface area contributed by atoms with Crippen LogP contribution in [-0.2, 0) is 16.0 Å². The first-order valence-electron chi connectivity index (χ1n) is 9.48. The zero-order valence-corrected chi connectivity index (χ0v) is 16.8. The molecule has 3 aliphatic heterocycles. The molecule has 4 nitrogen and oxygen atoms in total. The number of esters is 1. The fraction of sp³-hybridized carbons (Fsp3) is 0.476. The second-order valence-corrected chi connectivity index (χ2v) is 8.68. The summed E-state index contributed by atoms with van der Waals surface area (Å²) in [5.41, 5.74) is 4.58. The molecule has 0 aliphatic carbocycles. The summed E-state index contributed by atoms with van der Waals surface area (Å²) in [5, 5.41) is 1.27. The molecule has 0 N–H and O–H groups in total. The predicted octanol–water partition coefficient (Wildman–Crippen LogP) is 4.52. The zero-order valence-electron chi connectivity index (χ0n) is 15.2. The first-order chi connectivity index (χ1) is 12.6. The minimum atomic E-state index is -0.237. The van der Waals surface area contributed by atoms with Gasteiger partial charge in [-0.05, 0) is 56.0 Å². The van der Waals surface area contributed by atoms with E-state index in [2.05, 4.69) is 56.6 Å². The van der Waals surface area contributed by atoms with E-state index in [0.717, 1.165) is 42.3 Å². The molecule has 3 aliphatic rings. The van der Waals surface area contributed by atoms with Crippen LogP contribution >= 0.6 is 15.9 Å². The third-order valence-electron chi connectivity index (χ3n) is 6.70. The number of rotatable bonds is 2. The van der Waals surface area contributed by atoms with E-state index in [4.69, 9.17) is 4.74 Å². The number of methoxy groups -OCH3 is 1. The molecule has 5 heteroatoms. The average Bonchev–Trinajstić information content (AvgIpc) is 2.99. The molecular weight excluding hydrogens is 392 g/mol. The molecule has 1 saturated heterocycles. The van der Waals surface area contributed by atoms with Gasteiger partial charge in [0.2, 0.25) is 0 Å². The summed E-state index contributed by atoms with van der Waals surface area (Å²) in [6.07, 6.45) is 6.65. The fourth-order valence-corrected chi connectivity index (χ4v) is 5.90. The van der Waals surface area contributed by atoms with Crippen molar-refractivity contribution in [1.29, 1.82) is 0 Å². The van der Waals surface area contributed by atoms with Gasteiger partial charge in [-0.1, -0.05) is 28.9 Å². The molecule has 2 atom stereocenters. The molecule has 2 aromatic rings. The molecule has 4 heterocycles. The summed E-state index contributed by atoms with van der Waals surface area (Å²) < 4.78 is 8.42. The van der Waals surface area contributed by atoms with Crippen molar-refractivity contribution in [2.75, 3.05) is 20.2 Å². The van der Waals surface area contributed by atoms with Gasteiger partial charge in [0.05, 0.1) is 18.7 Å². The lowest BCUT2D eigenvalue weighted by Crippen LogP contribution is -2.51. The van der Waals surface area contributed by atoms with E-state index in [1.165, 1.54) is 30.2 Å². The van der Waals surface area contributed by atoms with Crippen LogP contribution in [0.5, 0.6) is 0 Å². The lowest BCUT2D eigenvalue weighted by molar-refractivity contribution is -0.134. The molecule has 5 rings (SSSR count). The number of benzene rings is 1. The Bertz CT molecular complexity index is 961. The van der Waals surface area contributed by atoms with Gasteiger partial charge in [0.25, 0.3) is 0 Å². The van der Waals surface area contributed by atoms with Gasteiger partial charge in [-0.15, -0.1) is 0 Å². The van der Waals surface area contributed by atoms with Crippen LogP contribution in [0.1, 0.15) is 43.5 Å². The number of hydrogen-bond donors (Lipinski definition) is 0. The first kappa shape index (κ1) is 16.6.